The Balaban J connectivity index is 0.00000161. The zero-order valence-corrected chi connectivity index (χ0v) is 13.2. The lowest BCUT2D eigenvalue weighted by molar-refractivity contribution is 0.415. The highest BCUT2D eigenvalue weighted by atomic mass is 35.5. The molecular formula is C18H21ClN2. The van der Waals surface area contributed by atoms with Crippen LogP contribution in [0.2, 0.25) is 0 Å². The molecule has 0 spiro atoms. The van der Waals surface area contributed by atoms with E-state index in [9.17, 15) is 0 Å². The maximum absolute atomic E-state index is 8.69. The molecular weight excluding hydrogens is 280 g/mol. The van der Waals surface area contributed by atoms with Crippen LogP contribution in [0.3, 0.4) is 0 Å². The van der Waals surface area contributed by atoms with Gasteiger partial charge in [0.1, 0.15) is 5.84 Å². The minimum Gasteiger partial charge on any atom is -0.360 e. The highest BCUT2D eigenvalue weighted by Gasteiger charge is 2.48. The Bertz CT molecular complexity index is 570. The van der Waals surface area contributed by atoms with E-state index in [2.05, 4.69) is 60.4 Å². The summed E-state index contributed by atoms with van der Waals surface area (Å²) >= 11 is 0. The number of nitrogens with zero attached hydrogens (tertiary/aromatic N) is 1. The van der Waals surface area contributed by atoms with Crippen LogP contribution in [0.5, 0.6) is 0 Å². The van der Waals surface area contributed by atoms with E-state index in [0.717, 1.165) is 6.42 Å². The SMILES string of the molecule is CC1CC(c2ccccc2)(c2ccccc2)C(=N)N1C.Cl. The molecule has 0 amide bonds. The summed E-state index contributed by atoms with van der Waals surface area (Å²) in [5.41, 5.74) is 2.12. The highest BCUT2D eigenvalue weighted by molar-refractivity contribution is 5.96. The van der Waals surface area contributed by atoms with Gasteiger partial charge in [-0.25, -0.2) is 0 Å². The second-order valence-electron chi connectivity index (χ2n) is 5.65. The van der Waals surface area contributed by atoms with Crippen LogP contribution >= 0.6 is 12.4 Å². The van der Waals surface area contributed by atoms with Crippen LogP contribution in [-0.2, 0) is 5.41 Å². The maximum Gasteiger partial charge on any atom is 0.111 e. The van der Waals surface area contributed by atoms with Crippen molar-refractivity contribution >= 4 is 18.2 Å². The van der Waals surface area contributed by atoms with E-state index >= 15 is 0 Å². The Morgan fingerprint density at radius 2 is 1.38 bits per heavy atom. The van der Waals surface area contributed by atoms with Gasteiger partial charge in [-0.15, -0.1) is 12.4 Å². The molecule has 0 bridgehead atoms. The van der Waals surface area contributed by atoms with Gasteiger partial charge in [0, 0.05) is 13.1 Å². The number of likely N-dealkylation sites (N-methyl/N-ethyl adjacent to an activating group) is 1. The molecule has 0 saturated carbocycles. The van der Waals surface area contributed by atoms with E-state index in [1.165, 1.54) is 11.1 Å². The number of hydrogen-bond acceptors (Lipinski definition) is 1. The first-order chi connectivity index (χ1) is 9.66. The topological polar surface area (TPSA) is 27.1 Å². The Morgan fingerprint density at radius 3 is 1.71 bits per heavy atom. The fourth-order valence-electron chi connectivity index (χ4n) is 3.32. The zero-order chi connectivity index (χ0) is 14.2. The van der Waals surface area contributed by atoms with Crippen molar-refractivity contribution in [2.45, 2.75) is 24.8 Å². The fourth-order valence-corrected chi connectivity index (χ4v) is 3.32. The van der Waals surface area contributed by atoms with Crippen LogP contribution in [0.15, 0.2) is 60.7 Å². The standard InChI is InChI=1S/C18H20N2.ClH/c1-14-13-18(17(19)20(14)2,15-9-5-3-6-10-15)16-11-7-4-8-12-16;/h3-12,14,19H,13H2,1-2H3;1H. The van der Waals surface area contributed by atoms with E-state index in [4.69, 9.17) is 5.41 Å². The number of benzene rings is 2. The summed E-state index contributed by atoms with van der Waals surface area (Å²) in [4.78, 5) is 2.10. The van der Waals surface area contributed by atoms with Crippen molar-refractivity contribution in [3.63, 3.8) is 0 Å². The second kappa shape index (κ2) is 5.90. The Hall–Kier alpha value is -1.80. The largest absolute Gasteiger partial charge is 0.360 e. The summed E-state index contributed by atoms with van der Waals surface area (Å²) < 4.78 is 0. The minimum absolute atomic E-state index is 0. The monoisotopic (exact) mass is 300 g/mol. The first kappa shape index (κ1) is 15.6. The van der Waals surface area contributed by atoms with Crippen molar-refractivity contribution in [1.82, 2.24) is 4.90 Å². The highest BCUT2D eigenvalue weighted by Crippen LogP contribution is 2.44. The molecule has 21 heavy (non-hydrogen) atoms. The van der Waals surface area contributed by atoms with Gasteiger partial charge in [0.2, 0.25) is 0 Å². The molecule has 1 atom stereocenters. The van der Waals surface area contributed by atoms with Crippen molar-refractivity contribution in [1.29, 1.82) is 5.41 Å². The molecule has 2 nitrogen and oxygen atoms in total. The predicted octanol–water partition coefficient (Wildman–Crippen LogP) is 4.10. The van der Waals surface area contributed by atoms with Gasteiger partial charge in [0.05, 0.1) is 5.41 Å². The molecule has 0 radical (unpaired) electrons. The van der Waals surface area contributed by atoms with Crippen LogP contribution in [0, 0.1) is 5.41 Å². The second-order valence-corrected chi connectivity index (χ2v) is 5.65. The lowest BCUT2D eigenvalue weighted by Gasteiger charge is -2.30. The van der Waals surface area contributed by atoms with Crippen LogP contribution < -0.4 is 0 Å². The van der Waals surface area contributed by atoms with Crippen LogP contribution in [0.4, 0.5) is 0 Å². The van der Waals surface area contributed by atoms with Gasteiger partial charge in [-0.3, -0.25) is 5.41 Å². The molecule has 1 fully saturated rings. The molecule has 1 aliphatic rings. The maximum atomic E-state index is 8.69. The Labute approximate surface area is 132 Å². The van der Waals surface area contributed by atoms with E-state index in [-0.39, 0.29) is 17.8 Å². The normalized spacial score (nSPS) is 20.2. The number of rotatable bonds is 2. The molecule has 2 aromatic rings. The lowest BCUT2D eigenvalue weighted by Crippen LogP contribution is -2.37. The first-order valence-electron chi connectivity index (χ1n) is 7.09. The fraction of sp³-hybridized carbons (Fsp3) is 0.278. The average Bonchev–Trinajstić information content (AvgIpc) is 2.74. The molecule has 3 heteroatoms. The lowest BCUT2D eigenvalue weighted by atomic mass is 9.72. The van der Waals surface area contributed by atoms with Gasteiger partial charge in [-0.05, 0) is 24.5 Å². The van der Waals surface area contributed by atoms with Gasteiger partial charge in [0.25, 0.3) is 0 Å². The smallest absolute Gasteiger partial charge is 0.111 e. The Kier molecular flexibility index (Phi) is 4.38. The summed E-state index contributed by atoms with van der Waals surface area (Å²) in [5.74, 6) is 0.697. The van der Waals surface area contributed by atoms with Crippen molar-refractivity contribution < 1.29 is 0 Å². The predicted molar refractivity (Wildman–Crippen MR) is 90.5 cm³/mol. The quantitative estimate of drug-likeness (QED) is 0.888. The van der Waals surface area contributed by atoms with Gasteiger partial charge >= 0.3 is 0 Å². The third-order valence-electron chi connectivity index (χ3n) is 4.55. The molecule has 0 aromatic heterocycles. The summed E-state index contributed by atoms with van der Waals surface area (Å²) in [6, 6.07) is 21.3. The van der Waals surface area contributed by atoms with Crippen molar-refractivity contribution in [2.24, 2.45) is 0 Å². The van der Waals surface area contributed by atoms with Crippen molar-refractivity contribution in [2.75, 3.05) is 7.05 Å². The van der Waals surface area contributed by atoms with Gasteiger partial charge in [0.15, 0.2) is 0 Å². The van der Waals surface area contributed by atoms with E-state index in [1.54, 1.807) is 0 Å². The number of halogens is 1. The summed E-state index contributed by atoms with van der Waals surface area (Å²) in [6.07, 6.45) is 0.955. The third-order valence-corrected chi connectivity index (χ3v) is 4.55. The molecule has 110 valence electrons. The Morgan fingerprint density at radius 1 is 0.952 bits per heavy atom. The van der Waals surface area contributed by atoms with Crippen LogP contribution in [-0.4, -0.2) is 23.8 Å². The van der Waals surface area contributed by atoms with Crippen LogP contribution in [0.1, 0.15) is 24.5 Å². The van der Waals surface area contributed by atoms with E-state index < -0.39 is 0 Å². The van der Waals surface area contributed by atoms with Gasteiger partial charge in [-0.1, -0.05) is 60.7 Å². The number of hydrogen-bond donors (Lipinski definition) is 1. The van der Waals surface area contributed by atoms with Gasteiger partial charge in [-0.2, -0.15) is 0 Å². The number of amidine groups is 1. The van der Waals surface area contributed by atoms with Crippen molar-refractivity contribution in [3.8, 4) is 0 Å². The molecule has 1 N–H and O–H groups in total. The van der Waals surface area contributed by atoms with Gasteiger partial charge < -0.3 is 4.90 Å². The molecule has 1 aliphatic heterocycles. The molecule has 1 saturated heterocycles. The third kappa shape index (κ3) is 2.34. The van der Waals surface area contributed by atoms with E-state index in [0.29, 0.717) is 11.9 Å². The molecule has 3 rings (SSSR count). The molecule has 0 aliphatic carbocycles. The summed E-state index contributed by atoms with van der Waals surface area (Å²) in [5, 5.41) is 8.69. The van der Waals surface area contributed by atoms with E-state index in [1.807, 2.05) is 19.2 Å². The van der Waals surface area contributed by atoms with Crippen LogP contribution in [0.25, 0.3) is 0 Å². The zero-order valence-electron chi connectivity index (χ0n) is 12.4. The average molecular weight is 301 g/mol. The first-order valence-corrected chi connectivity index (χ1v) is 7.09. The molecule has 1 heterocycles. The minimum atomic E-state index is -0.309. The number of nitrogens with one attached hydrogen (secondary N) is 1. The number of likely N-dealkylation sites (tertiary alicyclic amines) is 1. The van der Waals surface area contributed by atoms with Crippen molar-refractivity contribution in [3.05, 3.63) is 71.8 Å². The molecule has 2 aromatic carbocycles. The summed E-state index contributed by atoms with van der Waals surface area (Å²) in [7, 11) is 2.03. The molecule has 1 unspecified atom stereocenters. The summed E-state index contributed by atoms with van der Waals surface area (Å²) in [6.45, 7) is 2.20.